The molecule has 0 N–H and O–H groups in total. The molecule has 1 aromatic heterocycles. The molecule has 0 aromatic carbocycles. The maximum absolute atomic E-state index is 4.20. The summed E-state index contributed by atoms with van der Waals surface area (Å²) in [6, 6.07) is 2.17. The van der Waals surface area contributed by atoms with Gasteiger partial charge in [0.25, 0.3) is 0 Å². The first-order chi connectivity index (χ1) is 7.74. The van der Waals surface area contributed by atoms with Crippen LogP contribution in [0.25, 0.3) is 0 Å². The minimum Gasteiger partial charge on any atom is -0.263 e. The van der Waals surface area contributed by atoms with Gasteiger partial charge in [-0.2, -0.15) is 11.8 Å². The normalized spacial score (nSPS) is 25.6. The van der Waals surface area contributed by atoms with Crippen LogP contribution in [0.1, 0.15) is 38.2 Å². The lowest BCUT2D eigenvalue weighted by Crippen LogP contribution is -2.15. The maximum Gasteiger partial charge on any atom is 0.0410 e. The highest BCUT2D eigenvalue weighted by molar-refractivity contribution is 9.10. The lowest BCUT2D eigenvalue weighted by Gasteiger charge is -2.26. The van der Waals surface area contributed by atoms with Crippen LogP contribution in [0.3, 0.4) is 0 Å². The summed E-state index contributed by atoms with van der Waals surface area (Å²) in [5.41, 5.74) is 1.33. The molecule has 0 radical (unpaired) electrons. The van der Waals surface area contributed by atoms with Gasteiger partial charge in [-0.05, 0) is 46.3 Å². The van der Waals surface area contributed by atoms with E-state index in [1.165, 1.54) is 31.2 Å². The summed E-state index contributed by atoms with van der Waals surface area (Å²) in [5, 5.41) is 0.864. The van der Waals surface area contributed by atoms with Crippen LogP contribution < -0.4 is 0 Å². The summed E-state index contributed by atoms with van der Waals surface area (Å²) in [6.07, 6.45) is 9.45. The van der Waals surface area contributed by atoms with Crippen LogP contribution in [0.2, 0.25) is 0 Å². The Morgan fingerprint density at radius 3 is 3.06 bits per heavy atom. The van der Waals surface area contributed by atoms with Crippen molar-refractivity contribution in [3.8, 4) is 0 Å². The Morgan fingerprint density at radius 1 is 1.44 bits per heavy atom. The monoisotopic (exact) mass is 299 g/mol. The van der Waals surface area contributed by atoms with Gasteiger partial charge >= 0.3 is 0 Å². The quantitative estimate of drug-likeness (QED) is 0.805. The molecule has 1 aliphatic carbocycles. The zero-order valence-electron chi connectivity index (χ0n) is 9.66. The second-order valence-electron chi connectivity index (χ2n) is 4.72. The summed E-state index contributed by atoms with van der Waals surface area (Å²) >= 11 is 5.57. The van der Waals surface area contributed by atoms with Gasteiger partial charge in [0.2, 0.25) is 0 Å². The predicted octanol–water partition coefficient (Wildman–Crippen LogP) is 4.66. The van der Waals surface area contributed by atoms with Crippen LogP contribution in [0.15, 0.2) is 22.9 Å². The Bertz CT molecular complexity index is 342. The average molecular weight is 300 g/mol. The first-order valence-corrected chi connectivity index (χ1v) is 7.79. The zero-order valence-corrected chi connectivity index (χ0v) is 12.1. The van der Waals surface area contributed by atoms with Gasteiger partial charge in [-0.3, -0.25) is 4.98 Å². The van der Waals surface area contributed by atoms with Gasteiger partial charge in [0, 0.05) is 27.9 Å². The number of thioether (sulfide) groups is 1. The molecule has 0 aliphatic heterocycles. The van der Waals surface area contributed by atoms with Crippen LogP contribution in [0.5, 0.6) is 0 Å². The smallest absolute Gasteiger partial charge is 0.0410 e. The number of aromatic nitrogens is 1. The van der Waals surface area contributed by atoms with Crippen LogP contribution >= 0.6 is 27.7 Å². The summed E-state index contributed by atoms with van der Waals surface area (Å²) in [6.45, 7) is 2.38. The van der Waals surface area contributed by atoms with Crippen molar-refractivity contribution in [2.24, 2.45) is 5.92 Å². The van der Waals surface area contributed by atoms with E-state index in [2.05, 4.69) is 45.7 Å². The summed E-state index contributed by atoms with van der Waals surface area (Å²) in [7, 11) is 0. The molecule has 2 rings (SSSR count). The topological polar surface area (TPSA) is 12.9 Å². The minimum absolute atomic E-state index is 0.864. The summed E-state index contributed by atoms with van der Waals surface area (Å²) in [5.74, 6) is 2.02. The number of pyridine rings is 1. The number of rotatable bonds is 3. The van der Waals surface area contributed by atoms with E-state index in [0.29, 0.717) is 0 Å². The molecule has 1 aliphatic rings. The number of hydrogen-bond acceptors (Lipinski definition) is 2. The molecular weight excluding hydrogens is 282 g/mol. The van der Waals surface area contributed by atoms with Crippen LogP contribution in [0, 0.1) is 5.92 Å². The van der Waals surface area contributed by atoms with Crippen molar-refractivity contribution in [1.82, 2.24) is 4.98 Å². The Hall–Kier alpha value is -0.0200. The van der Waals surface area contributed by atoms with Crippen molar-refractivity contribution in [2.45, 2.75) is 43.6 Å². The highest BCUT2D eigenvalue weighted by Gasteiger charge is 2.18. The second kappa shape index (κ2) is 6.06. The summed E-state index contributed by atoms with van der Waals surface area (Å²) < 4.78 is 1.09. The molecule has 0 amide bonds. The molecule has 3 heteroatoms. The number of halogens is 1. The van der Waals surface area contributed by atoms with E-state index in [1.807, 2.05) is 12.4 Å². The van der Waals surface area contributed by atoms with E-state index in [9.17, 15) is 0 Å². The third-order valence-electron chi connectivity index (χ3n) is 3.14. The van der Waals surface area contributed by atoms with Gasteiger partial charge in [0.1, 0.15) is 0 Å². The van der Waals surface area contributed by atoms with Crippen molar-refractivity contribution in [3.05, 3.63) is 28.5 Å². The van der Waals surface area contributed by atoms with Gasteiger partial charge in [-0.25, -0.2) is 0 Å². The largest absolute Gasteiger partial charge is 0.263 e. The highest BCUT2D eigenvalue weighted by atomic mass is 79.9. The number of hydrogen-bond donors (Lipinski definition) is 0. The second-order valence-corrected chi connectivity index (χ2v) is 6.92. The SMILES string of the molecule is CC1CCCC(SCc2cncc(Br)c2)C1. The fourth-order valence-corrected chi connectivity index (χ4v) is 4.07. The predicted molar refractivity (Wildman–Crippen MR) is 74.7 cm³/mol. The fraction of sp³-hybridized carbons (Fsp3) is 0.615. The molecule has 16 heavy (non-hydrogen) atoms. The van der Waals surface area contributed by atoms with E-state index < -0.39 is 0 Å². The van der Waals surface area contributed by atoms with E-state index in [0.717, 1.165) is 21.4 Å². The molecule has 1 heterocycles. The minimum atomic E-state index is 0.864. The van der Waals surface area contributed by atoms with Crippen molar-refractivity contribution in [2.75, 3.05) is 0 Å². The average Bonchev–Trinajstić information content (AvgIpc) is 2.27. The van der Waals surface area contributed by atoms with Crippen molar-refractivity contribution < 1.29 is 0 Å². The van der Waals surface area contributed by atoms with Crippen molar-refractivity contribution in [1.29, 1.82) is 0 Å². The molecule has 1 saturated carbocycles. The molecule has 1 fully saturated rings. The molecule has 0 saturated heterocycles. The third-order valence-corrected chi connectivity index (χ3v) is 4.97. The Morgan fingerprint density at radius 2 is 2.31 bits per heavy atom. The Kier molecular flexibility index (Phi) is 4.71. The first kappa shape index (κ1) is 12.4. The van der Waals surface area contributed by atoms with E-state index >= 15 is 0 Å². The molecule has 2 atom stereocenters. The fourth-order valence-electron chi connectivity index (χ4n) is 2.28. The molecule has 1 nitrogen and oxygen atoms in total. The maximum atomic E-state index is 4.20. The lowest BCUT2D eigenvalue weighted by atomic mass is 9.91. The first-order valence-electron chi connectivity index (χ1n) is 5.95. The van der Waals surface area contributed by atoms with E-state index in [-0.39, 0.29) is 0 Å². The Labute approximate surface area is 111 Å². The van der Waals surface area contributed by atoms with Crippen molar-refractivity contribution in [3.63, 3.8) is 0 Å². The Balaban J connectivity index is 1.82. The molecule has 0 bridgehead atoms. The van der Waals surface area contributed by atoms with Crippen LogP contribution in [-0.2, 0) is 5.75 Å². The molecule has 2 unspecified atom stereocenters. The highest BCUT2D eigenvalue weighted by Crippen LogP contribution is 2.33. The van der Waals surface area contributed by atoms with Crippen LogP contribution in [0.4, 0.5) is 0 Å². The standard InChI is InChI=1S/C13H18BrNS/c1-10-3-2-4-13(5-10)16-9-11-6-12(14)8-15-7-11/h6-8,10,13H,2-5,9H2,1H3. The number of nitrogens with zero attached hydrogens (tertiary/aromatic N) is 1. The molecular formula is C13H18BrNS. The van der Waals surface area contributed by atoms with Gasteiger partial charge in [-0.1, -0.05) is 19.8 Å². The van der Waals surface area contributed by atoms with Crippen LogP contribution in [-0.4, -0.2) is 10.2 Å². The zero-order chi connectivity index (χ0) is 11.4. The van der Waals surface area contributed by atoms with E-state index in [1.54, 1.807) is 0 Å². The van der Waals surface area contributed by atoms with Crippen molar-refractivity contribution >= 4 is 27.7 Å². The van der Waals surface area contributed by atoms with Gasteiger partial charge in [0.15, 0.2) is 0 Å². The molecule has 1 aromatic rings. The molecule has 0 spiro atoms. The van der Waals surface area contributed by atoms with Gasteiger partial charge in [0.05, 0.1) is 0 Å². The van der Waals surface area contributed by atoms with Gasteiger partial charge in [-0.15, -0.1) is 0 Å². The third kappa shape index (κ3) is 3.77. The van der Waals surface area contributed by atoms with E-state index in [4.69, 9.17) is 0 Å². The van der Waals surface area contributed by atoms with Gasteiger partial charge < -0.3 is 0 Å². The summed E-state index contributed by atoms with van der Waals surface area (Å²) in [4.78, 5) is 4.20. The molecule has 88 valence electrons. The lowest BCUT2D eigenvalue weighted by molar-refractivity contribution is 0.394.